The van der Waals surface area contributed by atoms with Crippen LogP contribution in [0.3, 0.4) is 0 Å². The van der Waals surface area contributed by atoms with Gasteiger partial charge in [-0.15, -0.1) is 5.23 Å². The van der Waals surface area contributed by atoms with Crippen molar-refractivity contribution in [1.82, 2.24) is 9.80 Å². The number of piperazine rings is 1. The summed E-state index contributed by atoms with van der Waals surface area (Å²) in [6.45, 7) is 7.65. The summed E-state index contributed by atoms with van der Waals surface area (Å²) in [5, 5.41) is 9.76. The maximum atomic E-state index is 13.4. The van der Waals surface area contributed by atoms with Crippen LogP contribution in [0, 0.1) is 0 Å². The summed E-state index contributed by atoms with van der Waals surface area (Å²) in [5.41, 5.74) is -0.602. The van der Waals surface area contributed by atoms with Crippen LogP contribution in [0.15, 0.2) is 18.2 Å². The van der Waals surface area contributed by atoms with E-state index in [2.05, 4.69) is 23.6 Å². The SMILES string of the molecule is CON(O)c1ccc(CN2CCN(C(C)C)CC2)c(C(F)(F)F)c1. The van der Waals surface area contributed by atoms with Gasteiger partial charge in [0.15, 0.2) is 0 Å². The molecule has 0 bridgehead atoms. The molecule has 1 heterocycles. The normalized spacial score (nSPS) is 17.5. The lowest BCUT2D eigenvalue weighted by Gasteiger charge is -2.37. The molecule has 136 valence electrons. The van der Waals surface area contributed by atoms with Crippen molar-refractivity contribution in [3.8, 4) is 0 Å². The van der Waals surface area contributed by atoms with Gasteiger partial charge in [-0.1, -0.05) is 6.07 Å². The molecule has 0 radical (unpaired) electrons. The molecule has 0 unspecified atom stereocenters. The Morgan fingerprint density at radius 3 is 2.33 bits per heavy atom. The highest BCUT2D eigenvalue weighted by Gasteiger charge is 2.34. The van der Waals surface area contributed by atoms with Gasteiger partial charge in [-0.3, -0.25) is 19.8 Å². The number of alkyl halides is 3. The molecule has 8 heteroatoms. The van der Waals surface area contributed by atoms with E-state index in [0.717, 1.165) is 32.2 Å². The van der Waals surface area contributed by atoms with Gasteiger partial charge in [0.05, 0.1) is 18.4 Å². The van der Waals surface area contributed by atoms with Crippen molar-refractivity contribution in [2.75, 3.05) is 38.5 Å². The molecule has 0 saturated carbocycles. The monoisotopic (exact) mass is 347 g/mol. The molecule has 0 amide bonds. The molecule has 1 fully saturated rings. The van der Waals surface area contributed by atoms with E-state index in [1.165, 1.54) is 19.2 Å². The summed E-state index contributed by atoms with van der Waals surface area (Å²) < 4.78 is 40.1. The van der Waals surface area contributed by atoms with Gasteiger partial charge < -0.3 is 0 Å². The first-order valence-electron chi connectivity index (χ1n) is 7.92. The second kappa shape index (κ2) is 7.69. The highest BCUT2D eigenvalue weighted by molar-refractivity contribution is 5.48. The fraction of sp³-hybridized carbons (Fsp3) is 0.625. The molecule has 5 nitrogen and oxygen atoms in total. The van der Waals surface area contributed by atoms with Crippen LogP contribution in [0.5, 0.6) is 0 Å². The molecule has 1 aliphatic heterocycles. The van der Waals surface area contributed by atoms with Crippen LogP contribution in [0.4, 0.5) is 18.9 Å². The molecule has 1 N–H and O–H groups in total. The lowest BCUT2D eigenvalue weighted by molar-refractivity contribution is -0.138. The Labute approximate surface area is 140 Å². The molecular formula is C16H24F3N3O2. The Hall–Kier alpha value is -1.35. The van der Waals surface area contributed by atoms with Gasteiger partial charge in [0.25, 0.3) is 0 Å². The van der Waals surface area contributed by atoms with Crippen molar-refractivity contribution in [3.63, 3.8) is 0 Å². The van der Waals surface area contributed by atoms with Gasteiger partial charge in [-0.2, -0.15) is 13.2 Å². The average molecular weight is 347 g/mol. The van der Waals surface area contributed by atoms with Crippen molar-refractivity contribution in [3.05, 3.63) is 29.3 Å². The van der Waals surface area contributed by atoms with Gasteiger partial charge in [0.2, 0.25) is 0 Å². The summed E-state index contributed by atoms with van der Waals surface area (Å²) in [4.78, 5) is 8.87. The third-order valence-corrected chi connectivity index (χ3v) is 4.32. The zero-order valence-electron chi connectivity index (χ0n) is 14.2. The van der Waals surface area contributed by atoms with Crippen LogP contribution >= 0.6 is 0 Å². The maximum absolute atomic E-state index is 13.4. The van der Waals surface area contributed by atoms with Gasteiger partial charge in [0.1, 0.15) is 0 Å². The molecule has 1 aromatic carbocycles. The third-order valence-electron chi connectivity index (χ3n) is 4.32. The molecule has 1 aliphatic rings. The van der Waals surface area contributed by atoms with E-state index in [9.17, 15) is 18.4 Å². The quantitative estimate of drug-likeness (QED) is 0.829. The van der Waals surface area contributed by atoms with E-state index in [-0.39, 0.29) is 17.8 Å². The van der Waals surface area contributed by atoms with E-state index in [4.69, 9.17) is 0 Å². The van der Waals surface area contributed by atoms with Gasteiger partial charge in [-0.25, -0.2) is 0 Å². The standard InChI is InChI=1S/C16H24F3N3O2/c1-12(2)21-8-6-20(7-9-21)11-13-4-5-14(22(23)24-3)10-15(13)16(17,18)19/h4-5,10,12,23H,6-9,11H2,1-3H3. The second-order valence-corrected chi connectivity index (χ2v) is 6.20. The molecule has 24 heavy (non-hydrogen) atoms. The maximum Gasteiger partial charge on any atom is 0.416 e. The van der Waals surface area contributed by atoms with E-state index in [1.54, 1.807) is 0 Å². The summed E-state index contributed by atoms with van der Waals surface area (Å²) >= 11 is 0. The topological polar surface area (TPSA) is 39.2 Å². The third kappa shape index (κ3) is 4.60. The number of benzene rings is 1. The minimum Gasteiger partial charge on any atom is -0.298 e. The number of halogens is 3. The molecule has 1 aromatic rings. The van der Waals surface area contributed by atoms with Crippen LogP contribution in [0.1, 0.15) is 25.0 Å². The first-order chi connectivity index (χ1) is 11.2. The zero-order chi connectivity index (χ0) is 17.9. The number of hydrogen-bond donors (Lipinski definition) is 1. The fourth-order valence-corrected chi connectivity index (χ4v) is 2.87. The van der Waals surface area contributed by atoms with Crippen LogP contribution in [-0.2, 0) is 17.6 Å². The number of rotatable bonds is 5. The molecule has 0 aliphatic carbocycles. The van der Waals surface area contributed by atoms with Gasteiger partial charge in [0, 0.05) is 38.8 Å². The Morgan fingerprint density at radius 1 is 1.21 bits per heavy atom. The van der Waals surface area contributed by atoms with Crippen LogP contribution in [-0.4, -0.2) is 54.3 Å². The van der Waals surface area contributed by atoms with E-state index in [1.807, 2.05) is 4.90 Å². The predicted octanol–water partition coefficient (Wildman–Crippen LogP) is 2.99. The predicted molar refractivity (Wildman–Crippen MR) is 84.7 cm³/mol. The van der Waals surface area contributed by atoms with Crippen molar-refractivity contribution < 1.29 is 23.2 Å². The Balaban J connectivity index is 2.15. The first-order valence-corrected chi connectivity index (χ1v) is 7.92. The van der Waals surface area contributed by atoms with Crippen LogP contribution < -0.4 is 5.23 Å². The van der Waals surface area contributed by atoms with Crippen LogP contribution in [0.25, 0.3) is 0 Å². The molecule has 1 saturated heterocycles. The van der Waals surface area contributed by atoms with Crippen molar-refractivity contribution in [2.45, 2.75) is 32.6 Å². The molecule has 2 rings (SSSR count). The van der Waals surface area contributed by atoms with Crippen molar-refractivity contribution in [1.29, 1.82) is 0 Å². The van der Waals surface area contributed by atoms with Gasteiger partial charge >= 0.3 is 6.18 Å². The summed E-state index contributed by atoms with van der Waals surface area (Å²) in [6, 6.07) is 4.17. The number of hydrogen-bond acceptors (Lipinski definition) is 5. The minimum atomic E-state index is -4.49. The van der Waals surface area contributed by atoms with E-state index >= 15 is 0 Å². The average Bonchev–Trinajstić information content (AvgIpc) is 2.54. The molecule has 0 atom stereocenters. The fourth-order valence-electron chi connectivity index (χ4n) is 2.87. The first kappa shape index (κ1) is 19.0. The van der Waals surface area contributed by atoms with E-state index in [0.29, 0.717) is 11.3 Å². The Kier molecular flexibility index (Phi) is 6.08. The summed E-state index contributed by atoms with van der Waals surface area (Å²) in [6.07, 6.45) is -4.49. The number of anilines is 1. The van der Waals surface area contributed by atoms with Crippen molar-refractivity contribution >= 4 is 5.69 Å². The highest BCUT2D eigenvalue weighted by Crippen LogP contribution is 2.35. The molecular weight excluding hydrogens is 323 g/mol. The minimum absolute atomic E-state index is 0.0572. The second-order valence-electron chi connectivity index (χ2n) is 6.20. The number of nitrogens with zero attached hydrogens (tertiary/aromatic N) is 3. The van der Waals surface area contributed by atoms with Gasteiger partial charge in [-0.05, 0) is 31.5 Å². The summed E-state index contributed by atoms with van der Waals surface area (Å²) in [7, 11) is 1.18. The summed E-state index contributed by atoms with van der Waals surface area (Å²) in [5.74, 6) is 0. The zero-order valence-corrected chi connectivity index (χ0v) is 14.2. The largest absolute Gasteiger partial charge is 0.416 e. The lowest BCUT2D eigenvalue weighted by Crippen LogP contribution is -2.48. The Morgan fingerprint density at radius 2 is 1.83 bits per heavy atom. The Bertz CT molecular complexity index is 544. The molecule has 0 aromatic heterocycles. The van der Waals surface area contributed by atoms with Crippen molar-refractivity contribution in [2.24, 2.45) is 0 Å². The van der Waals surface area contributed by atoms with E-state index < -0.39 is 11.7 Å². The van der Waals surface area contributed by atoms with Crippen LogP contribution in [0.2, 0.25) is 0 Å². The smallest absolute Gasteiger partial charge is 0.298 e. The molecule has 0 spiro atoms. The lowest BCUT2D eigenvalue weighted by atomic mass is 10.0. The highest BCUT2D eigenvalue weighted by atomic mass is 19.4.